The molecule has 0 aromatic carbocycles. The highest BCUT2D eigenvalue weighted by Crippen LogP contribution is 2.26. The van der Waals surface area contributed by atoms with Gasteiger partial charge in [-0.25, -0.2) is 0 Å². The van der Waals surface area contributed by atoms with Crippen molar-refractivity contribution in [2.24, 2.45) is 0 Å². The summed E-state index contributed by atoms with van der Waals surface area (Å²) in [5, 5.41) is 3.84. The molecule has 1 heterocycles. The highest BCUT2D eigenvalue weighted by atomic mass is 15.2. The number of hydrogen-bond donors (Lipinski definition) is 1. The Morgan fingerprint density at radius 1 is 1.05 bits per heavy atom. The van der Waals surface area contributed by atoms with Crippen LogP contribution < -0.4 is 5.32 Å². The predicted octanol–water partition coefficient (Wildman–Crippen LogP) is 4.59. The fourth-order valence-electron chi connectivity index (χ4n) is 3.92. The quantitative estimate of drug-likeness (QED) is 0.630. The molecule has 0 spiro atoms. The van der Waals surface area contributed by atoms with Gasteiger partial charge in [0.1, 0.15) is 0 Å². The lowest BCUT2D eigenvalue weighted by Gasteiger charge is -2.44. The van der Waals surface area contributed by atoms with E-state index in [-0.39, 0.29) is 0 Å². The van der Waals surface area contributed by atoms with E-state index in [0.717, 1.165) is 12.1 Å². The van der Waals surface area contributed by atoms with Crippen molar-refractivity contribution in [3.05, 3.63) is 0 Å². The van der Waals surface area contributed by atoms with Gasteiger partial charge in [0, 0.05) is 18.1 Å². The molecule has 0 aliphatic carbocycles. The maximum atomic E-state index is 3.84. The zero-order chi connectivity index (χ0) is 14.8. The van der Waals surface area contributed by atoms with Gasteiger partial charge in [-0.15, -0.1) is 0 Å². The molecule has 0 bridgehead atoms. The van der Waals surface area contributed by atoms with Gasteiger partial charge in [-0.05, 0) is 51.6 Å². The maximum absolute atomic E-state index is 3.84. The molecule has 0 aromatic rings. The summed E-state index contributed by atoms with van der Waals surface area (Å²) in [5.74, 6) is 0. The van der Waals surface area contributed by atoms with Crippen molar-refractivity contribution >= 4 is 0 Å². The van der Waals surface area contributed by atoms with Crippen molar-refractivity contribution in [1.82, 2.24) is 10.2 Å². The first kappa shape index (κ1) is 18.0. The van der Waals surface area contributed by atoms with Crippen LogP contribution in [-0.4, -0.2) is 36.1 Å². The molecule has 20 heavy (non-hydrogen) atoms. The summed E-state index contributed by atoms with van der Waals surface area (Å²) in [6.07, 6.45) is 12.2. The van der Waals surface area contributed by atoms with Gasteiger partial charge in [-0.3, -0.25) is 4.90 Å². The molecule has 2 heteroatoms. The van der Waals surface area contributed by atoms with Crippen molar-refractivity contribution in [2.75, 3.05) is 13.1 Å². The number of piperidine rings is 1. The van der Waals surface area contributed by atoms with Crippen LogP contribution in [0.15, 0.2) is 0 Å². The lowest BCUT2D eigenvalue weighted by Crippen LogP contribution is -2.55. The topological polar surface area (TPSA) is 15.3 Å². The molecule has 1 fully saturated rings. The van der Waals surface area contributed by atoms with Crippen LogP contribution in [0.5, 0.6) is 0 Å². The summed E-state index contributed by atoms with van der Waals surface area (Å²) in [5.41, 5.74) is 0. The molecule has 120 valence electrons. The summed E-state index contributed by atoms with van der Waals surface area (Å²) >= 11 is 0. The van der Waals surface area contributed by atoms with Gasteiger partial charge in [0.05, 0.1) is 0 Å². The minimum absolute atomic E-state index is 0.697. The molecule has 1 aliphatic rings. The third-order valence-electron chi connectivity index (χ3n) is 4.86. The van der Waals surface area contributed by atoms with Crippen LogP contribution in [0.3, 0.4) is 0 Å². The van der Waals surface area contributed by atoms with Crippen molar-refractivity contribution in [1.29, 1.82) is 0 Å². The Morgan fingerprint density at radius 3 is 2.45 bits per heavy atom. The van der Waals surface area contributed by atoms with Crippen molar-refractivity contribution in [3.63, 3.8) is 0 Å². The van der Waals surface area contributed by atoms with Gasteiger partial charge in [0.25, 0.3) is 0 Å². The van der Waals surface area contributed by atoms with E-state index < -0.39 is 0 Å². The monoisotopic (exact) mass is 282 g/mol. The predicted molar refractivity (Wildman–Crippen MR) is 90.3 cm³/mol. The summed E-state index contributed by atoms with van der Waals surface area (Å²) < 4.78 is 0. The Kier molecular flexibility index (Phi) is 9.54. The molecular weight excluding hydrogens is 244 g/mol. The fraction of sp³-hybridized carbons (Fsp3) is 1.00. The zero-order valence-corrected chi connectivity index (χ0v) is 14.5. The van der Waals surface area contributed by atoms with Crippen molar-refractivity contribution in [3.8, 4) is 0 Å². The number of hydrogen-bond acceptors (Lipinski definition) is 2. The van der Waals surface area contributed by atoms with E-state index in [2.05, 4.69) is 37.9 Å². The highest BCUT2D eigenvalue weighted by Gasteiger charge is 2.31. The van der Waals surface area contributed by atoms with Crippen LogP contribution >= 0.6 is 0 Å². The number of rotatable bonds is 10. The molecule has 1 rings (SSSR count). The van der Waals surface area contributed by atoms with Crippen LogP contribution in [0.4, 0.5) is 0 Å². The van der Waals surface area contributed by atoms with Crippen LogP contribution in [0.1, 0.15) is 85.5 Å². The number of nitrogens with one attached hydrogen (secondary N) is 1. The maximum Gasteiger partial charge on any atom is 0.0249 e. The minimum Gasteiger partial charge on any atom is -0.312 e. The molecule has 0 amide bonds. The molecule has 1 aliphatic heterocycles. The lowest BCUT2D eigenvalue weighted by atomic mass is 9.91. The van der Waals surface area contributed by atoms with E-state index in [9.17, 15) is 0 Å². The van der Waals surface area contributed by atoms with Crippen molar-refractivity contribution < 1.29 is 0 Å². The lowest BCUT2D eigenvalue weighted by molar-refractivity contribution is 0.0617. The van der Waals surface area contributed by atoms with E-state index in [0.29, 0.717) is 6.04 Å². The fourth-order valence-corrected chi connectivity index (χ4v) is 3.92. The summed E-state index contributed by atoms with van der Waals surface area (Å²) in [6, 6.07) is 2.29. The molecule has 0 aromatic heterocycles. The van der Waals surface area contributed by atoms with Crippen LogP contribution in [0.2, 0.25) is 0 Å². The molecule has 3 atom stereocenters. The SMILES string of the molecule is CCCNC(CCC)C(CC)N1CCCCC1CCC. The Hall–Kier alpha value is -0.0800. The van der Waals surface area contributed by atoms with Gasteiger partial charge < -0.3 is 5.32 Å². The first-order chi connectivity index (χ1) is 9.78. The summed E-state index contributed by atoms with van der Waals surface area (Å²) in [7, 11) is 0. The third-order valence-corrected chi connectivity index (χ3v) is 4.86. The Morgan fingerprint density at radius 2 is 1.85 bits per heavy atom. The first-order valence-electron chi connectivity index (χ1n) is 9.27. The second-order valence-corrected chi connectivity index (χ2v) is 6.50. The first-order valence-corrected chi connectivity index (χ1v) is 9.27. The molecule has 1 N–H and O–H groups in total. The van der Waals surface area contributed by atoms with E-state index in [1.165, 1.54) is 70.9 Å². The molecule has 0 saturated carbocycles. The molecule has 0 radical (unpaired) electrons. The Balaban J connectivity index is 2.71. The molecule has 1 saturated heterocycles. The minimum atomic E-state index is 0.697. The van der Waals surface area contributed by atoms with Gasteiger partial charge in [0.15, 0.2) is 0 Å². The summed E-state index contributed by atoms with van der Waals surface area (Å²) in [4.78, 5) is 2.87. The zero-order valence-electron chi connectivity index (χ0n) is 14.5. The molecular formula is C18H38N2. The molecule has 2 nitrogen and oxygen atoms in total. The number of nitrogens with zero attached hydrogens (tertiary/aromatic N) is 1. The highest BCUT2D eigenvalue weighted by molar-refractivity contribution is 4.89. The van der Waals surface area contributed by atoms with Crippen LogP contribution in [0.25, 0.3) is 0 Å². The smallest absolute Gasteiger partial charge is 0.0249 e. The van der Waals surface area contributed by atoms with E-state index >= 15 is 0 Å². The average molecular weight is 283 g/mol. The number of likely N-dealkylation sites (tertiary alicyclic amines) is 1. The normalized spacial score (nSPS) is 23.7. The van der Waals surface area contributed by atoms with Crippen LogP contribution in [0, 0.1) is 0 Å². The second kappa shape index (κ2) is 10.6. The standard InChI is InChI=1S/C18H38N2/c1-5-11-16-13-9-10-15-20(16)18(8-4)17(12-6-2)19-14-7-3/h16-19H,5-15H2,1-4H3. The van der Waals surface area contributed by atoms with E-state index in [4.69, 9.17) is 0 Å². The van der Waals surface area contributed by atoms with E-state index in [1.807, 2.05) is 0 Å². The van der Waals surface area contributed by atoms with Gasteiger partial charge >= 0.3 is 0 Å². The van der Waals surface area contributed by atoms with Crippen LogP contribution in [-0.2, 0) is 0 Å². The Labute approximate surface area is 127 Å². The largest absolute Gasteiger partial charge is 0.312 e. The average Bonchev–Trinajstić information content (AvgIpc) is 2.47. The molecule has 3 unspecified atom stereocenters. The van der Waals surface area contributed by atoms with Gasteiger partial charge in [-0.1, -0.05) is 47.0 Å². The van der Waals surface area contributed by atoms with E-state index in [1.54, 1.807) is 0 Å². The summed E-state index contributed by atoms with van der Waals surface area (Å²) in [6.45, 7) is 11.8. The van der Waals surface area contributed by atoms with Gasteiger partial charge in [0.2, 0.25) is 0 Å². The van der Waals surface area contributed by atoms with Crippen molar-refractivity contribution in [2.45, 2.75) is 104 Å². The second-order valence-electron chi connectivity index (χ2n) is 6.50. The third kappa shape index (κ3) is 5.37. The van der Waals surface area contributed by atoms with Gasteiger partial charge in [-0.2, -0.15) is 0 Å². The Bertz CT molecular complexity index is 227.